The number of anilines is 1. The Balaban J connectivity index is 2.88. The molecule has 12 heavy (non-hydrogen) atoms. The zero-order valence-electron chi connectivity index (χ0n) is 6.58. The molecule has 2 rings (SSSR count). The largest absolute Gasteiger partial charge is 0.383 e. The number of nitrogen functional groups attached to an aromatic ring is 1. The zero-order valence-corrected chi connectivity index (χ0v) is 6.58. The lowest BCUT2D eigenvalue weighted by Gasteiger charge is -1.94. The van der Waals surface area contributed by atoms with Crippen molar-refractivity contribution in [1.82, 2.24) is 9.38 Å². The Morgan fingerprint density at radius 2 is 2.25 bits per heavy atom. The van der Waals surface area contributed by atoms with Gasteiger partial charge in [0.2, 0.25) is 0 Å². The molecule has 4 heteroatoms. The van der Waals surface area contributed by atoms with Crippen LogP contribution in [0.1, 0.15) is 5.69 Å². The molecule has 0 fully saturated rings. The fourth-order valence-corrected chi connectivity index (χ4v) is 1.15. The van der Waals surface area contributed by atoms with Crippen LogP contribution in [0.15, 0.2) is 18.3 Å². The van der Waals surface area contributed by atoms with E-state index in [2.05, 4.69) is 4.98 Å². The second kappa shape index (κ2) is 2.20. The van der Waals surface area contributed by atoms with Gasteiger partial charge < -0.3 is 5.73 Å². The summed E-state index contributed by atoms with van der Waals surface area (Å²) in [6, 6.07) is 2.96. The van der Waals surface area contributed by atoms with Crippen molar-refractivity contribution in [3.63, 3.8) is 0 Å². The summed E-state index contributed by atoms with van der Waals surface area (Å²) in [4.78, 5) is 4.13. The first-order valence-electron chi connectivity index (χ1n) is 3.58. The van der Waals surface area contributed by atoms with E-state index in [1.54, 1.807) is 13.0 Å². The standard InChI is InChI=1S/C8H8FN3/c1-5-8(10)12-4-6(9)2-3-7(12)11-5/h2-4H,10H2,1H3. The van der Waals surface area contributed by atoms with Crippen LogP contribution in [0.25, 0.3) is 5.65 Å². The number of nitrogens with zero attached hydrogens (tertiary/aromatic N) is 2. The van der Waals surface area contributed by atoms with Crippen molar-refractivity contribution in [3.8, 4) is 0 Å². The SMILES string of the molecule is Cc1nc2ccc(F)cn2c1N. The minimum Gasteiger partial charge on any atom is -0.383 e. The molecule has 0 aliphatic rings. The summed E-state index contributed by atoms with van der Waals surface area (Å²) < 4.78 is 14.3. The van der Waals surface area contributed by atoms with Crippen molar-refractivity contribution in [2.75, 3.05) is 5.73 Å². The molecule has 0 aromatic carbocycles. The number of imidazole rings is 1. The Labute approximate surface area is 68.6 Å². The number of aryl methyl sites for hydroxylation is 1. The maximum Gasteiger partial charge on any atom is 0.140 e. The molecule has 3 nitrogen and oxygen atoms in total. The average Bonchev–Trinajstić information content (AvgIpc) is 2.31. The van der Waals surface area contributed by atoms with Crippen LogP contribution in [0.4, 0.5) is 10.2 Å². The smallest absolute Gasteiger partial charge is 0.140 e. The minimum absolute atomic E-state index is 0.313. The number of halogens is 1. The molecule has 0 saturated heterocycles. The van der Waals surface area contributed by atoms with Gasteiger partial charge in [0.05, 0.1) is 5.69 Å². The van der Waals surface area contributed by atoms with Gasteiger partial charge in [-0.25, -0.2) is 9.37 Å². The third kappa shape index (κ3) is 0.845. The molecule has 0 saturated carbocycles. The number of nitrogens with two attached hydrogens (primary N) is 1. The van der Waals surface area contributed by atoms with E-state index >= 15 is 0 Å². The molecule has 0 radical (unpaired) electrons. The van der Waals surface area contributed by atoms with Crippen LogP contribution in [-0.4, -0.2) is 9.38 Å². The lowest BCUT2D eigenvalue weighted by molar-refractivity contribution is 0.619. The summed E-state index contributed by atoms with van der Waals surface area (Å²) in [5.41, 5.74) is 7.04. The molecule has 0 amide bonds. The van der Waals surface area contributed by atoms with E-state index in [9.17, 15) is 4.39 Å². The fourth-order valence-electron chi connectivity index (χ4n) is 1.15. The van der Waals surface area contributed by atoms with Crippen molar-refractivity contribution in [2.24, 2.45) is 0 Å². The lowest BCUT2D eigenvalue weighted by atomic mass is 10.4. The number of hydrogen-bond acceptors (Lipinski definition) is 2. The molecular formula is C8H8FN3. The second-order valence-corrected chi connectivity index (χ2v) is 2.66. The Kier molecular flexibility index (Phi) is 1.30. The predicted octanol–water partition coefficient (Wildman–Crippen LogP) is 1.36. The summed E-state index contributed by atoms with van der Waals surface area (Å²) in [6.45, 7) is 1.79. The first-order chi connectivity index (χ1) is 5.68. The molecule has 0 unspecified atom stereocenters. The van der Waals surface area contributed by atoms with Gasteiger partial charge in [-0.1, -0.05) is 0 Å². The van der Waals surface area contributed by atoms with Crippen LogP contribution in [0.5, 0.6) is 0 Å². The van der Waals surface area contributed by atoms with Gasteiger partial charge in [-0.3, -0.25) is 4.40 Å². The van der Waals surface area contributed by atoms with Crippen LogP contribution < -0.4 is 5.73 Å². The molecule has 2 aromatic rings. The molecule has 0 bridgehead atoms. The molecule has 62 valence electrons. The highest BCUT2D eigenvalue weighted by Gasteiger charge is 2.04. The second-order valence-electron chi connectivity index (χ2n) is 2.66. The van der Waals surface area contributed by atoms with E-state index < -0.39 is 0 Å². The quantitative estimate of drug-likeness (QED) is 0.640. The number of aromatic nitrogens is 2. The van der Waals surface area contributed by atoms with Crippen molar-refractivity contribution >= 4 is 11.5 Å². The zero-order chi connectivity index (χ0) is 8.72. The summed E-state index contributed by atoms with van der Waals surface area (Å²) in [7, 11) is 0. The monoisotopic (exact) mass is 165 g/mol. The summed E-state index contributed by atoms with van der Waals surface area (Å²) in [5, 5.41) is 0. The van der Waals surface area contributed by atoms with Gasteiger partial charge >= 0.3 is 0 Å². The minimum atomic E-state index is -0.313. The van der Waals surface area contributed by atoms with E-state index in [0.29, 0.717) is 11.5 Å². The Morgan fingerprint density at radius 1 is 1.50 bits per heavy atom. The van der Waals surface area contributed by atoms with Crippen molar-refractivity contribution in [3.05, 3.63) is 29.8 Å². The van der Waals surface area contributed by atoms with Crippen molar-refractivity contribution in [1.29, 1.82) is 0 Å². The van der Waals surface area contributed by atoms with E-state index in [4.69, 9.17) is 5.73 Å². The molecule has 2 aromatic heterocycles. The highest BCUT2D eigenvalue weighted by atomic mass is 19.1. The number of rotatable bonds is 0. The van der Waals surface area contributed by atoms with E-state index in [1.807, 2.05) is 0 Å². The Bertz CT molecular complexity index is 433. The maximum atomic E-state index is 12.7. The summed E-state index contributed by atoms with van der Waals surface area (Å²) >= 11 is 0. The average molecular weight is 165 g/mol. The van der Waals surface area contributed by atoms with Gasteiger partial charge in [0, 0.05) is 6.20 Å². The summed E-state index contributed by atoms with van der Waals surface area (Å²) in [5.74, 6) is 0.177. The lowest BCUT2D eigenvalue weighted by Crippen LogP contribution is -1.94. The third-order valence-corrected chi connectivity index (χ3v) is 1.80. The molecule has 2 heterocycles. The van der Waals surface area contributed by atoms with E-state index in [1.165, 1.54) is 16.7 Å². The molecular weight excluding hydrogens is 157 g/mol. The van der Waals surface area contributed by atoms with Crippen LogP contribution >= 0.6 is 0 Å². The number of hydrogen-bond donors (Lipinski definition) is 1. The van der Waals surface area contributed by atoms with Crippen LogP contribution in [0.3, 0.4) is 0 Å². The van der Waals surface area contributed by atoms with Crippen LogP contribution in [0.2, 0.25) is 0 Å². The third-order valence-electron chi connectivity index (χ3n) is 1.80. The first kappa shape index (κ1) is 7.09. The first-order valence-corrected chi connectivity index (χ1v) is 3.58. The highest BCUT2D eigenvalue weighted by molar-refractivity contribution is 5.51. The number of pyridine rings is 1. The van der Waals surface area contributed by atoms with Gasteiger partial charge in [0.1, 0.15) is 17.3 Å². The molecule has 0 atom stereocenters. The van der Waals surface area contributed by atoms with Crippen LogP contribution in [0, 0.1) is 12.7 Å². The van der Waals surface area contributed by atoms with Crippen molar-refractivity contribution in [2.45, 2.75) is 6.92 Å². The summed E-state index contributed by atoms with van der Waals surface area (Å²) in [6.07, 6.45) is 1.32. The molecule has 0 aliphatic carbocycles. The topological polar surface area (TPSA) is 43.3 Å². The fraction of sp³-hybridized carbons (Fsp3) is 0.125. The van der Waals surface area contributed by atoms with E-state index in [-0.39, 0.29) is 5.82 Å². The molecule has 0 aliphatic heterocycles. The van der Waals surface area contributed by atoms with Gasteiger partial charge in [0.15, 0.2) is 0 Å². The maximum absolute atomic E-state index is 12.7. The Hall–Kier alpha value is -1.58. The van der Waals surface area contributed by atoms with Gasteiger partial charge in [-0.05, 0) is 19.1 Å². The normalized spacial score (nSPS) is 10.8. The Morgan fingerprint density at radius 3 is 3.00 bits per heavy atom. The molecule has 0 spiro atoms. The molecule has 2 N–H and O–H groups in total. The van der Waals surface area contributed by atoms with Gasteiger partial charge in [-0.15, -0.1) is 0 Å². The highest BCUT2D eigenvalue weighted by Crippen LogP contribution is 2.13. The van der Waals surface area contributed by atoms with Gasteiger partial charge in [-0.2, -0.15) is 0 Å². The predicted molar refractivity (Wildman–Crippen MR) is 44.3 cm³/mol. The van der Waals surface area contributed by atoms with Gasteiger partial charge in [0.25, 0.3) is 0 Å². The van der Waals surface area contributed by atoms with Crippen LogP contribution in [-0.2, 0) is 0 Å². The van der Waals surface area contributed by atoms with Crippen molar-refractivity contribution < 1.29 is 4.39 Å². The van der Waals surface area contributed by atoms with E-state index in [0.717, 1.165) is 5.69 Å². The number of fused-ring (bicyclic) bond motifs is 1.